The van der Waals surface area contributed by atoms with E-state index in [-0.39, 0.29) is 5.97 Å². The van der Waals surface area contributed by atoms with Crippen molar-refractivity contribution in [2.75, 3.05) is 33.4 Å². The lowest BCUT2D eigenvalue weighted by molar-refractivity contribution is -0.142. The summed E-state index contributed by atoms with van der Waals surface area (Å²) in [5.41, 5.74) is 0. The third-order valence-corrected chi connectivity index (χ3v) is 3.14. The Morgan fingerprint density at radius 3 is 2.53 bits per heavy atom. The van der Waals surface area contributed by atoms with Crippen molar-refractivity contribution in [3.63, 3.8) is 0 Å². The van der Waals surface area contributed by atoms with Crippen molar-refractivity contribution in [1.82, 2.24) is 4.90 Å². The number of ether oxygens (including phenoxy) is 2. The Hall–Kier alpha value is -1.07. The van der Waals surface area contributed by atoms with Crippen molar-refractivity contribution < 1.29 is 14.3 Å². The first-order chi connectivity index (χ1) is 9.15. The Bertz CT molecular complexity index is 381. The van der Waals surface area contributed by atoms with Crippen LogP contribution in [-0.2, 0) is 9.53 Å². The number of benzene rings is 1. The number of hydrogen-bond donors (Lipinski definition) is 0. The second-order valence-corrected chi connectivity index (χ2v) is 5.07. The normalized spacial score (nSPS) is 10.5. The van der Waals surface area contributed by atoms with Crippen molar-refractivity contribution in [1.29, 1.82) is 0 Å². The standard InChI is InChI=1S/C14H20BrNO3/c1-3-8-16(11-14(17)18-2)9-10-19-13-6-4-12(15)5-7-13/h4-7H,3,8-11H2,1-2H3. The molecule has 0 saturated heterocycles. The molecule has 0 N–H and O–H groups in total. The van der Waals surface area contributed by atoms with Crippen LogP contribution in [0.5, 0.6) is 5.75 Å². The second-order valence-electron chi connectivity index (χ2n) is 4.15. The summed E-state index contributed by atoms with van der Waals surface area (Å²) in [6.07, 6.45) is 0.995. The molecule has 5 heteroatoms. The van der Waals surface area contributed by atoms with Crippen LogP contribution in [0.25, 0.3) is 0 Å². The molecule has 0 bridgehead atoms. The van der Waals surface area contributed by atoms with Gasteiger partial charge in [-0.05, 0) is 37.2 Å². The van der Waals surface area contributed by atoms with E-state index < -0.39 is 0 Å². The topological polar surface area (TPSA) is 38.8 Å². The molecular formula is C14H20BrNO3. The van der Waals surface area contributed by atoms with Gasteiger partial charge in [0.25, 0.3) is 0 Å². The molecule has 0 unspecified atom stereocenters. The van der Waals surface area contributed by atoms with Crippen LogP contribution in [0.2, 0.25) is 0 Å². The second kappa shape index (κ2) is 8.93. The lowest BCUT2D eigenvalue weighted by atomic mass is 10.3. The van der Waals surface area contributed by atoms with Crippen LogP contribution < -0.4 is 4.74 Å². The van der Waals surface area contributed by atoms with Gasteiger partial charge >= 0.3 is 5.97 Å². The first kappa shape index (κ1) is 16.0. The lowest BCUT2D eigenvalue weighted by Crippen LogP contribution is -2.34. The predicted octanol–water partition coefficient (Wildman–Crippen LogP) is 2.71. The van der Waals surface area contributed by atoms with Gasteiger partial charge in [-0.2, -0.15) is 0 Å². The number of nitrogens with zero attached hydrogens (tertiary/aromatic N) is 1. The molecule has 106 valence electrons. The van der Waals surface area contributed by atoms with Gasteiger partial charge in [0, 0.05) is 11.0 Å². The van der Waals surface area contributed by atoms with Crippen LogP contribution in [0.3, 0.4) is 0 Å². The molecule has 1 aromatic carbocycles. The lowest BCUT2D eigenvalue weighted by Gasteiger charge is -2.20. The molecular weight excluding hydrogens is 310 g/mol. The van der Waals surface area contributed by atoms with E-state index in [4.69, 9.17) is 4.74 Å². The van der Waals surface area contributed by atoms with Crippen molar-refractivity contribution in [2.45, 2.75) is 13.3 Å². The number of hydrogen-bond acceptors (Lipinski definition) is 4. The van der Waals surface area contributed by atoms with Crippen LogP contribution >= 0.6 is 15.9 Å². The highest BCUT2D eigenvalue weighted by Gasteiger charge is 2.09. The molecule has 0 radical (unpaired) electrons. The van der Waals surface area contributed by atoms with Crippen LogP contribution in [0.1, 0.15) is 13.3 Å². The smallest absolute Gasteiger partial charge is 0.319 e. The van der Waals surface area contributed by atoms with Crippen molar-refractivity contribution in [3.8, 4) is 5.75 Å². The Morgan fingerprint density at radius 1 is 1.26 bits per heavy atom. The first-order valence-electron chi connectivity index (χ1n) is 6.33. The Balaban J connectivity index is 2.34. The fourth-order valence-electron chi connectivity index (χ4n) is 1.66. The maximum absolute atomic E-state index is 11.3. The van der Waals surface area contributed by atoms with Gasteiger partial charge in [0.1, 0.15) is 12.4 Å². The highest BCUT2D eigenvalue weighted by atomic mass is 79.9. The largest absolute Gasteiger partial charge is 0.492 e. The third-order valence-electron chi connectivity index (χ3n) is 2.61. The third kappa shape index (κ3) is 6.59. The Kier molecular flexibility index (Phi) is 7.52. The molecule has 0 amide bonds. The van der Waals surface area contributed by atoms with Gasteiger partial charge in [0.05, 0.1) is 13.7 Å². The maximum atomic E-state index is 11.3. The highest BCUT2D eigenvalue weighted by Crippen LogP contribution is 2.15. The van der Waals surface area contributed by atoms with E-state index in [2.05, 4.69) is 27.6 Å². The first-order valence-corrected chi connectivity index (χ1v) is 7.12. The van der Waals surface area contributed by atoms with Gasteiger partial charge < -0.3 is 9.47 Å². The molecule has 0 heterocycles. The van der Waals surface area contributed by atoms with Gasteiger partial charge in [0.2, 0.25) is 0 Å². The zero-order valence-corrected chi connectivity index (χ0v) is 13.0. The number of carbonyl (C=O) groups is 1. The molecule has 0 atom stereocenters. The molecule has 0 aliphatic heterocycles. The minimum atomic E-state index is -0.211. The van der Waals surface area contributed by atoms with Crippen LogP contribution in [-0.4, -0.2) is 44.2 Å². The number of rotatable bonds is 8. The zero-order valence-electron chi connectivity index (χ0n) is 11.4. The molecule has 1 rings (SSSR count). The van der Waals surface area contributed by atoms with E-state index in [1.165, 1.54) is 7.11 Å². The summed E-state index contributed by atoms with van der Waals surface area (Å²) in [6, 6.07) is 7.70. The van der Waals surface area contributed by atoms with Crippen LogP contribution in [0, 0.1) is 0 Å². The van der Waals surface area contributed by atoms with Gasteiger partial charge in [-0.3, -0.25) is 9.69 Å². The monoisotopic (exact) mass is 329 g/mol. The van der Waals surface area contributed by atoms with Crippen molar-refractivity contribution in [2.24, 2.45) is 0 Å². The SMILES string of the molecule is CCCN(CCOc1ccc(Br)cc1)CC(=O)OC. The summed E-state index contributed by atoms with van der Waals surface area (Å²) in [5.74, 6) is 0.620. The average Bonchev–Trinajstić information content (AvgIpc) is 2.41. The van der Waals surface area contributed by atoms with Crippen molar-refractivity contribution in [3.05, 3.63) is 28.7 Å². The summed E-state index contributed by atoms with van der Waals surface area (Å²) < 4.78 is 11.3. The van der Waals surface area contributed by atoms with E-state index in [1.54, 1.807) is 0 Å². The Labute approximate surface area is 122 Å². The summed E-state index contributed by atoms with van der Waals surface area (Å²) in [7, 11) is 1.41. The fourth-order valence-corrected chi connectivity index (χ4v) is 1.92. The van der Waals surface area contributed by atoms with Crippen LogP contribution in [0.15, 0.2) is 28.7 Å². The van der Waals surface area contributed by atoms with Crippen LogP contribution in [0.4, 0.5) is 0 Å². The summed E-state index contributed by atoms with van der Waals surface area (Å²) >= 11 is 3.38. The number of methoxy groups -OCH3 is 1. The van der Waals surface area contributed by atoms with Gasteiger partial charge in [0.15, 0.2) is 0 Å². The van der Waals surface area contributed by atoms with E-state index in [9.17, 15) is 4.79 Å². The molecule has 0 aliphatic rings. The number of halogens is 1. The quantitative estimate of drug-likeness (QED) is 0.687. The molecule has 0 spiro atoms. The molecule has 0 fully saturated rings. The average molecular weight is 330 g/mol. The molecule has 4 nitrogen and oxygen atoms in total. The number of carbonyl (C=O) groups excluding carboxylic acids is 1. The molecule has 0 saturated carbocycles. The van der Waals surface area contributed by atoms with Gasteiger partial charge in [-0.15, -0.1) is 0 Å². The van der Waals surface area contributed by atoms with E-state index in [0.717, 1.165) is 23.2 Å². The highest BCUT2D eigenvalue weighted by molar-refractivity contribution is 9.10. The van der Waals surface area contributed by atoms with E-state index >= 15 is 0 Å². The molecule has 1 aromatic rings. The molecule has 0 aromatic heterocycles. The Morgan fingerprint density at radius 2 is 1.95 bits per heavy atom. The van der Waals surface area contributed by atoms with E-state index in [1.807, 2.05) is 29.2 Å². The van der Waals surface area contributed by atoms with Gasteiger partial charge in [-0.1, -0.05) is 22.9 Å². The number of esters is 1. The zero-order chi connectivity index (χ0) is 14.1. The summed E-state index contributed by atoms with van der Waals surface area (Å²) in [6.45, 7) is 4.52. The molecule has 0 aliphatic carbocycles. The van der Waals surface area contributed by atoms with E-state index in [0.29, 0.717) is 19.7 Å². The summed E-state index contributed by atoms with van der Waals surface area (Å²) in [5, 5.41) is 0. The predicted molar refractivity (Wildman–Crippen MR) is 78.4 cm³/mol. The van der Waals surface area contributed by atoms with Gasteiger partial charge in [-0.25, -0.2) is 0 Å². The molecule has 19 heavy (non-hydrogen) atoms. The van der Waals surface area contributed by atoms with Crippen molar-refractivity contribution >= 4 is 21.9 Å². The fraction of sp³-hybridized carbons (Fsp3) is 0.500. The minimum absolute atomic E-state index is 0.211. The maximum Gasteiger partial charge on any atom is 0.319 e. The summed E-state index contributed by atoms with van der Waals surface area (Å²) in [4.78, 5) is 13.3. The minimum Gasteiger partial charge on any atom is -0.492 e.